The smallest absolute Gasteiger partial charge is 0.327 e. The van der Waals surface area contributed by atoms with E-state index in [9.17, 15) is 14.7 Å². The predicted octanol–water partition coefficient (Wildman–Crippen LogP) is 1.55. The van der Waals surface area contributed by atoms with Crippen molar-refractivity contribution in [1.82, 2.24) is 0 Å². The Bertz CT molecular complexity index is 524. The molecule has 1 aliphatic heterocycles. The quantitative estimate of drug-likeness (QED) is 0.869. The van der Waals surface area contributed by atoms with E-state index in [0.29, 0.717) is 28.0 Å². The maximum Gasteiger partial charge on any atom is 0.327 e. The summed E-state index contributed by atoms with van der Waals surface area (Å²) in [7, 11) is 0. The van der Waals surface area contributed by atoms with Crippen molar-refractivity contribution in [3.63, 3.8) is 0 Å². The second kappa shape index (κ2) is 5.83. The lowest BCUT2D eigenvalue weighted by Gasteiger charge is -2.35. The number of thioether (sulfide) groups is 1. The summed E-state index contributed by atoms with van der Waals surface area (Å²) in [5.74, 6) is -0.124. The van der Waals surface area contributed by atoms with E-state index >= 15 is 0 Å². The topological polar surface area (TPSA) is 83.6 Å². The van der Waals surface area contributed by atoms with Crippen molar-refractivity contribution < 1.29 is 14.7 Å². The number of nitrogens with zero attached hydrogens (tertiary/aromatic N) is 1. The molecule has 2 rings (SSSR count). The third kappa shape index (κ3) is 2.87. The van der Waals surface area contributed by atoms with Gasteiger partial charge in [0.05, 0.1) is 11.3 Å². The van der Waals surface area contributed by atoms with Gasteiger partial charge in [0.1, 0.15) is 6.04 Å². The number of rotatable bonds is 3. The van der Waals surface area contributed by atoms with E-state index < -0.39 is 17.9 Å². The molecule has 7 heteroatoms. The average Bonchev–Trinajstić information content (AvgIpc) is 2.37. The SMILES string of the molecule is NC(=O)c1c(Br)cccc1N1CCSCC1C(=O)O. The minimum absolute atomic E-state index is 0.334. The minimum atomic E-state index is -0.886. The highest BCUT2D eigenvalue weighted by Crippen LogP contribution is 2.31. The lowest BCUT2D eigenvalue weighted by molar-refractivity contribution is -0.138. The third-order valence-corrected chi connectivity index (χ3v) is 4.64. The molecule has 1 aliphatic rings. The van der Waals surface area contributed by atoms with Gasteiger partial charge in [-0.25, -0.2) is 4.79 Å². The largest absolute Gasteiger partial charge is 0.480 e. The van der Waals surface area contributed by atoms with E-state index in [1.165, 1.54) is 0 Å². The predicted molar refractivity (Wildman–Crippen MR) is 78.8 cm³/mol. The summed E-state index contributed by atoms with van der Waals surface area (Å²) in [6.07, 6.45) is 0. The molecule has 19 heavy (non-hydrogen) atoms. The van der Waals surface area contributed by atoms with Crippen molar-refractivity contribution in [2.24, 2.45) is 5.73 Å². The Morgan fingerprint density at radius 3 is 2.84 bits per heavy atom. The molecule has 1 amide bonds. The summed E-state index contributed by atoms with van der Waals surface area (Å²) < 4.78 is 0.583. The molecule has 102 valence electrons. The van der Waals surface area contributed by atoms with Gasteiger partial charge in [-0.05, 0) is 28.1 Å². The number of primary amides is 1. The molecule has 0 aromatic heterocycles. The van der Waals surface area contributed by atoms with Crippen LogP contribution in [0.3, 0.4) is 0 Å². The summed E-state index contributed by atoms with van der Waals surface area (Å²) in [6, 6.07) is 4.59. The minimum Gasteiger partial charge on any atom is -0.480 e. The fourth-order valence-electron chi connectivity index (χ4n) is 2.09. The van der Waals surface area contributed by atoms with Crippen molar-refractivity contribution in [2.45, 2.75) is 6.04 Å². The Balaban J connectivity index is 2.47. The van der Waals surface area contributed by atoms with Crippen LogP contribution in [0.15, 0.2) is 22.7 Å². The molecule has 1 atom stereocenters. The summed E-state index contributed by atoms with van der Waals surface area (Å²) >= 11 is 4.89. The Labute approximate surface area is 123 Å². The fourth-order valence-corrected chi connectivity index (χ4v) is 3.68. The first-order valence-corrected chi connectivity index (χ1v) is 7.62. The van der Waals surface area contributed by atoms with Crippen molar-refractivity contribution in [2.75, 3.05) is 23.0 Å². The summed E-state index contributed by atoms with van der Waals surface area (Å²) in [5.41, 5.74) is 6.31. The van der Waals surface area contributed by atoms with Crippen LogP contribution in [-0.2, 0) is 4.79 Å². The number of benzene rings is 1. The number of carbonyl (C=O) groups excluding carboxylic acids is 1. The molecule has 1 aromatic carbocycles. The van der Waals surface area contributed by atoms with Gasteiger partial charge in [-0.1, -0.05) is 6.07 Å². The average molecular weight is 345 g/mol. The van der Waals surface area contributed by atoms with Gasteiger partial charge in [0.25, 0.3) is 5.91 Å². The van der Waals surface area contributed by atoms with Gasteiger partial charge in [-0.2, -0.15) is 11.8 Å². The van der Waals surface area contributed by atoms with Gasteiger partial charge in [-0.15, -0.1) is 0 Å². The highest BCUT2D eigenvalue weighted by Gasteiger charge is 2.31. The molecular formula is C12H13BrN2O3S. The normalized spacial score (nSPS) is 19.2. The number of anilines is 1. The Hall–Kier alpha value is -1.21. The van der Waals surface area contributed by atoms with E-state index in [4.69, 9.17) is 5.73 Å². The Kier molecular flexibility index (Phi) is 4.36. The molecule has 1 aromatic rings. The summed E-state index contributed by atoms with van der Waals surface area (Å²) in [6.45, 7) is 0.582. The van der Waals surface area contributed by atoms with Crippen molar-refractivity contribution in [3.05, 3.63) is 28.2 Å². The van der Waals surface area contributed by atoms with Gasteiger partial charge in [0, 0.05) is 22.5 Å². The monoisotopic (exact) mass is 344 g/mol. The van der Waals surface area contributed by atoms with Gasteiger partial charge < -0.3 is 15.7 Å². The van der Waals surface area contributed by atoms with E-state index in [2.05, 4.69) is 15.9 Å². The van der Waals surface area contributed by atoms with E-state index in [0.717, 1.165) is 5.75 Å². The number of hydrogen-bond donors (Lipinski definition) is 2. The van der Waals surface area contributed by atoms with Crippen LogP contribution in [0.1, 0.15) is 10.4 Å². The van der Waals surface area contributed by atoms with Crippen LogP contribution in [0, 0.1) is 0 Å². The summed E-state index contributed by atoms with van der Waals surface area (Å²) in [4.78, 5) is 24.6. The van der Waals surface area contributed by atoms with E-state index in [1.54, 1.807) is 34.9 Å². The zero-order valence-electron chi connectivity index (χ0n) is 10.0. The summed E-state index contributed by atoms with van der Waals surface area (Å²) in [5, 5.41) is 9.29. The standard InChI is InChI=1S/C12H13BrN2O3S/c13-7-2-1-3-8(10(7)11(14)16)15-4-5-19-6-9(15)12(17)18/h1-3,9H,4-6H2,(H2,14,16)(H,17,18). The van der Waals surface area contributed by atoms with Crippen molar-refractivity contribution in [3.8, 4) is 0 Å². The first kappa shape index (κ1) is 14.2. The first-order chi connectivity index (χ1) is 9.02. The van der Waals surface area contributed by atoms with Crippen LogP contribution in [0.5, 0.6) is 0 Å². The molecule has 0 saturated carbocycles. The van der Waals surface area contributed by atoms with E-state index in [-0.39, 0.29) is 0 Å². The molecule has 3 N–H and O–H groups in total. The maximum atomic E-state index is 11.6. The van der Waals surface area contributed by atoms with Gasteiger partial charge >= 0.3 is 5.97 Å². The maximum absolute atomic E-state index is 11.6. The number of carbonyl (C=O) groups is 2. The molecular weight excluding hydrogens is 332 g/mol. The van der Waals surface area contributed by atoms with Crippen molar-refractivity contribution >= 4 is 45.3 Å². The molecule has 0 bridgehead atoms. The van der Waals surface area contributed by atoms with E-state index in [1.807, 2.05) is 0 Å². The van der Waals surface area contributed by atoms with Gasteiger partial charge in [0.15, 0.2) is 0 Å². The Morgan fingerprint density at radius 2 is 2.21 bits per heavy atom. The Morgan fingerprint density at radius 1 is 1.47 bits per heavy atom. The van der Waals surface area contributed by atoms with Gasteiger partial charge in [0.2, 0.25) is 0 Å². The molecule has 0 spiro atoms. The third-order valence-electron chi connectivity index (χ3n) is 2.96. The lowest BCUT2D eigenvalue weighted by atomic mass is 10.1. The van der Waals surface area contributed by atoms with Gasteiger partial charge in [-0.3, -0.25) is 4.79 Å². The van der Waals surface area contributed by atoms with Crippen LogP contribution in [-0.4, -0.2) is 41.1 Å². The fraction of sp³-hybridized carbons (Fsp3) is 0.333. The van der Waals surface area contributed by atoms with Crippen molar-refractivity contribution in [1.29, 1.82) is 0 Å². The van der Waals surface area contributed by atoms with Crippen LogP contribution in [0.25, 0.3) is 0 Å². The molecule has 1 unspecified atom stereocenters. The molecule has 0 aliphatic carbocycles. The highest BCUT2D eigenvalue weighted by atomic mass is 79.9. The number of halogens is 1. The number of aliphatic carboxylic acids is 1. The number of nitrogens with two attached hydrogens (primary N) is 1. The molecule has 0 radical (unpaired) electrons. The van der Waals surface area contributed by atoms with Crippen LogP contribution in [0.4, 0.5) is 5.69 Å². The second-order valence-corrected chi connectivity index (χ2v) is 6.12. The second-order valence-electron chi connectivity index (χ2n) is 4.12. The zero-order valence-corrected chi connectivity index (χ0v) is 12.4. The number of amides is 1. The van der Waals surface area contributed by atoms with Crippen LogP contribution in [0.2, 0.25) is 0 Å². The number of carboxylic acid groups (broad SMARTS) is 1. The molecule has 5 nitrogen and oxygen atoms in total. The van der Waals surface area contributed by atoms with Crippen LogP contribution >= 0.6 is 27.7 Å². The molecule has 1 fully saturated rings. The lowest BCUT2D eigenvalue weighted by Crippen LogP contribution is -2.48. The highest BCUT2D eigenvalue weighted by molar-refractivity contribution is 9.10. The first-order valence-electron chi connectivity index (χ1n) is 5.68. The zero-order chi connectivity index (χ0) is 14.0. The number of carboxylic acids is 1. The number of hydrogen-bond acceptors (Lipinski definition) is 4. The van der Waals surface area contributed by atoms with Crippen LogP contribution < -0.4 is 10.6 Å². The molecule has 1 heterocycles. The molecule has 1 saturated heterocycles.